The second-order valence-electron chi connectivity index (χ2n) is 3.42. The predicted octanol–water partition coefficient (Wildman–Crippen LogP) is 2.58. The lowest BCUT2D eigenvalue weighted by atomic mass is 10.1. The minimum absolute atomic E-state index is 0. The molecule has 0 amide bonds. The summed E-state index contributed by atoms with van der Waals surface area (Å²) in [6, 6.07) is 10.1. The Morgan fingerprint density at radius 2 is 1.94 bits per heavy atom. The Bertz CT molecular complexity index is 428. The van der Waals surface area contributed by atoms with Crippen molar-refractivity contribution in [3.05, 3.63) is 54.1 Å². The molecule has 0 aliphatic rings. The van der Waals surface area contributed by atoms with Crippen molar-refractivity contribution >= 4 is 12.4 Å². The molecule has 0 radical (unpaired) electrons. The molecule has 0 bridgehead atoms. The smallest absolute Gasteiger partial charge is 0.142 e. The van der Waals surface area contributed by atoms with Gasteiger partial charge in [-0.2, -0.15) is 0 Å². The van der Waals surface area contributed by atoms with Gasteiger partial charge in [-0.25, -0.2) is 4.98 Å². The fraction of sp³-hybridized carbons (Fsp3) is 0.250. The van der Waals surface area contributed by atoms with Crippen LogP contribution in [0.1, 0.15) is 17.5 Å². The van der Waals surface area contributed by atoms with E-state index < -0.39 is 0 Å². The van der Waals surface area contributed by atoms with Crippen molar-refractivity contribution in [1.82, 2.24) is 9.55 Å². The van der Waals surface area contributed by atoms with Crippen molar-refractivity contribution in [2.24, 2.45) is 7.05 Å². The van der Waals surface area contributed by atoms with Gasteiger partial charge in [0.2, 0.25) is 0 Å². The molecule has 0 saturated carbocycles. The number of aryl methyl sites for hydroxylation is 1. The van der Waals surface area contributed by atoms with Crippen LogP contribution in [-0.2, 0) is 11.8 Å². The predicted molar refractivity (Wildman–Crippen MR) is 65.8 cm³/mol. The molecule has 1 heterocycles. The van der Waals surface area contributed by atoms with Crippen molar-refractivity contribution in [2.45, 2.75) is 6.10 Å². The van der Waals surface area contributed by atoms with Crippen LogP contribution in [-0.4, -0.2) is 16.7 Å². The van der Waals surface area contributed by atoms with Gasteiger partial charge in [0.05, 0.1) is 0 Å². The van der Waals surface area contributed by atoms with Gasteiger partial charge in [0.1, 0.15) is 11.9 Å². The van der Waals surface area contributed by atoms with Gasteiger partial charge in [0, 0.05) is 26.6 Å². The molecule has 86 valence electrons. The summed E-state index contributed by atoms with van der Waals surface area (Å²) in [5.74, 6) is 0.920. The van der Waals surface area contributed by atoms with Crippen LogP contribution in [0.4, 0.5) is 0 Å². The number of hydrogen-bond donors (Lipinski definition) is 0. The number of aromatic nitrogens is 2. The molecular weight excluding hydrogens is 224 g/mol. The number of benzene rings is 1. The molecule has 0 aliphatic heterocycles. The standard InChI is InChI=1S/C12H14N2O.ClH/c1-14-9-8-13-12(14)11(15-2)10-6-4-3-5-7-10;/h3-9,11H,1-2H3;1H. The van der Waals surface area contributed by atoms with Gasteiger partial charge in [-0.1, -0.05) is 30.3 Å². The lowest BCUT2D eigenvalue weighted by molar-refractivity contribution is 0.126. The van der Waals surface area contributed by atoms with Crippen molar-refractivity contribution < 1.29 is 4.74 Å². The van der Waals surface area contributed by atoms with E-state index in [0.717, 1.165) is 11.4 Å². The first-order valence-electron chi connectivity index (χ1n) is 4.88. The van der Waals surface area contributed by atoms with E-state index in [0.29, 0.717) is 0 Å². The Morgan fingerprint density at radius 3 is 2.44 bits per heavy atom. The second kappa shape index (κ2) is 5.68. The zero-order valence-electron chi connectivity index (χ0n) is 9.33. The molecule has 1 aromatic carbocycles. The number of halogens is 1. The van der Waals surface area contributed by atoms with Crippen molar-refractivity contribution in [2.75, 3.05) is 7.11 Å². The summed E-state index contributed by atoms with van der Waals surface area (Å²) in [6.07, 6.45) is 3.61. The number of rotatable bonds is 3. The number of hydrogen-bond acceptors (Lipinski definition) is 2. The first-order valence-corrected chi connectivity index (χ1v) is 4.88. The van der Waals surface area contributed by atoms with E-state index in [9.17, 15) is 0 Å². The van der Waals surface area contributed by atoms with Crippen LogP contribution in [0.5, 0.6) is 0 Å². The van der Waals surface area contributed by atoms with E-state index >= 15 is 0 Å². The van der Waals surface area contributed by atoms with E-state index in [2.05, 4.69) is 4.98 Å². The molecular formula is C12H15ClN2O. The normalized spacial score (nSPS) is 11.9. The lowest BCUT2D eigenvalue weighted by Gasteiger charge is -2.15. The highest BCUT2D eigenvalue weighted by atomic mass is 35.5. The molecule has 1 aromatic heterocycles. The molecule has 2 rings (SSSR count). The van der Waals surface area contributed by atoms with Crippen LogP contribution in [0.25, 0.3) is 0 Å². The van der Waals surface area contributed by atoms with Crippen molar-refractivity contribution in [3.63, 3.8) is 0 Å². The molecule has 2 aromatic rings. The molecule has 4 heteroatoms. The Morgan fingerprint density at radius 1 is 1.25 bits per heavy atom. The maximum Gasteiger partial charge on any atom is 0.142 e. The Kier molecular flexibility index (Phi) is 4.52. The highest BCUT2D eigenvalue weighted by Crippen LogP contribution is 2.22. The topological polar surface area (TPSA) is 27.1 Å². The molecule has 0 aliphatic carbocycles. The Hall–Kier alpha value is -1.32. The van der Waals surface area contributed by atoms with Gasteiger partial charge in [0.15, 0.2) is 0 Å². The third-order valence-electron chi connectivity index (χ3n) is 2.43. The Labute approximate surface area is 101 Å². The molecule has 0 saturated heterocycles. The number of ether oxygens (including phenoxy) is 1. The van der Waals surface area contributed by atoms with Gasteiger partial charge in [-0.3, -0.25) is 0 Å². The summed E-state index contributed by atoms with van der Waals surface area (Å²) < 4.78 is 7.45. The third-order valence-corrected chi connectivity index (χ3v) is 2.43. The van der Waals surface area contributed by atoms with E-state index in [1.807, 2.05) is 48.1 Å². The first kappa shape index (κ1) is 12.7. The zero-order chi connectivity index (χ0) is 10.7. The summed E-state index contributed by atoms with van der Waals surface area (Å²) >= 11 is 0. The minimum Gasteiger partial charge on any atom is -0.369 e. The maximum absolute atomic E-state index is 5.48. The molecule has 16 heavy (non-hydrogen) atoms. The van der Waals surface area contributed by atoms with Crippen LogP contribution in [0.15, 0.2) is 42.7 Å². The van der Waals surface area contributed by atoms with E-state index in [1.54, 1.807) is 13.3 Å². The minimum atomic E-state index is -0.0915. The van der Waals surface area contributed by atoms with Crippen LogP contribution in [0.3, 0.4) is 0 Å². The molecule has 0 spiro atoms. The first-order chi connectivity index (χ1) is 7.33. The van der Waals surface area contributed by atoms with Gasteiger partial charge < -0.3 is 9.30 Å². The summed E-state index contributed by atoms with van der Waals surface area (Å²) in [4.78, 5) is 4.30. The number of nitrogens with zero attached hydrogens (tertiary/aromatic N) is 2. The molecule has 0 N–H and O–H groups in total. The van der Waals surface area contributed by atoms with E-state index in [1.165, 1.54) is 0 Å². The largest absolute Gasteiger partial charge is 0.369 e. The van der Waals surface area contributed by atoms with Gasteiger partial charge in [-0.15, -0.1) is 12.4 Å². The van der Waals surface area contributed by atoms with E-state index in [-0.39, 0.29) is 18.5 Å². The SMILES string of the molecule is COC(c1ccccc1)c1nccn1C.Cl. The second-order valence-corrected chi connectivity index (χ2v) is 3.42. The summed E-state index contributed by atoms with van der Waals surface area (Å²) in [5, 5.41) is 0. The summed E-state index contributed by atoms with van der Waals surface area (Å²) in [5.41, 5.74) is 1.12. The number of methoxy groups -OCH3 is 1. The zero-order valence-corrected chi connectivity index (χ0v) is 10.1. The molecule has 1 unspecified atom stereocenters. The average molecular weight is 239 g/mol. The Balaban J connectivity index is 0.00000128. The lowest BCUT2D eigenvalue weighted by Crippen LogP contribution is -2.09. The highest BCUT2D eigenvalue weighted by molar-refractivity contribution is 5.85. The molecule has 1 atom stereocenters. The summed E-state index contributed by atoms with van der Waals surface area (Å²) in [6.45, 7) is 0. The van der Waals surface area contributed by atoms with E-state index in [4.69, 9.17) is 4.74 Å². The van der Waals surface area contributed by atoms with Crippen LogP contribution in [0.2, 0.25) is 0 Å². The third kappa shape index (κ3) is 2.43. The fourth-order valence-corrected chi connectivity index (χ4v) is 1.65. The quantitative estimate of drug-likeness (QED) is 0.822. The number of imidazole rings is 1. The van der Waals surface area contributed by atoms with Crippen LogP contribution >= 0.6 is 12.4 Å². The fourth-order valence-electron chi connectivity index (χ4n) is 1.65. The molecule has 0 fully saturated rings. The maximum atomic E-state index is 5.48. The van der Waals surface area contributed by atoms with Gasteiger partial charge in [0.25, 0.3) is 0 Å². The monoisotopic (exact) mass is 238 g/mol. The average Bonchev–Trinajstić information content (AvgIpc) is 2.68. The van der Waals surface area contributed by atoms with Gasteiger partial charge in [-0.05, 0) is 5.56 Å². The molecule has 3 nitrogen and oxygen atoms in total. The van der Waals surface area contributed by atoms with Crippen molar-refractivity contribution in [3.8, 4) is 0 Å². The summed E-state index contributed by atoms with van der Waals surface area (Å²) in [7, 11) is 3.67. The van der Waals surface area contributed by atoms with Gasteiger partial charge >= 0.3 is 0 Å². The van der Waals surface area contributed by atoms with Crippen LogP contribution < -0.4 is 0 Å². The highest BCUT2D eigenvalue weighted by Gasteiger charge is 2.16. The van der Waals surface area contributed by atoms with Crippen LogP contribution in [0, 0.1) is 0 Å². The van der Waals surface area contributed by atoms with Crippen molar-refractivity contribution in [1.29, 1.82) is 0 Å².